The molecule has 112 valence electrons. The number of piperidine rings is 1. The number of nitrogens with one attached hydrogen (secondary N) is 1. The number of anilines is 2. The number of aliphatic hydroxyl groups is 1. The fourth-order valence-corrected chi connectivity index (χ4v) is 2.86. The van der Waals surface area contributed by atoms with Crippen molar-refractivity contribution in [3.05, 3.63) is 24.3 Å². The van der Waals surface area contributed by atoms with E-state index in [4.69, 9.17) is 5.11 Å². The summed E-state index contributed by atoms with van der Waals surface area (Å²) in [5.74, 6) is 0.813. The molecule has 0 radical (unpaired) electrons. The van der Waals surface area contributed by atoms with Gasteiger partial charge < -0.3 is 15.3 Å². The summed E-state index contributed by atoms with van der Waals surface area (Å²) in [7, 11) is 0. The van der Waals surface area contributed by atoms with Gasteiger partial charge in [-0.25, -0.2) is 0 Å². The first kappa shape index (κ1) is 15.2. The van der Waals surface area contributed by atoms with Crippen LogP contribution >= 0.6 is 0 Å². The maximum absolute atomic E-state index is 8.73. The summed E-state index contributed by atoms with van der Waals surface area (Å²) in [4.78, 5) is 2.50. The zero-order valence-electron chi connectivity index (χ0n) is 12.6. The molecule has 2 rings (SSSR count). The van der Waals surface area contributed by atoms with Gasteiger partial charge in [-0.1, -0.05) is 6.92 Å². The molecule has 1 fully saturated rings. The highest BCUT2D eigenvalue weighted by atomic mass is 16.2. The van der Waals surface area contributed by atoms with Crippen molar-refractivity contribution in [2.75, 3.05) is 36.5 Å². The van der Waals surface area contributed by atoms with Gasteiger partial charge in [0, 0.05) is 37.6 Å². The molecular formula is C17H28N2O. The van der Waals surface area contributed by atoms with Crippen molar-refractivity contribution < 1.29 is 5.11 Å². The van der Waals surface area contributed by atoms with Crippen LogP contribution in [0.2, 0.25) is 0 Å². The molecule has 0 bridgehead atoms. The third-order valence-corrected chi connectivity index (χ3v) is 4.05. The summed E-state index contributed by atoms with van der Waals surface area (Å²) in [6.45, 7) is 6.02. The van der Waals surface area contributed by atoms with Gasteiger partial charge in [0.05, 0.1) is 0 Å². The van der Waals surface area contributed by atoms with E-state index in [-0.39, 0.29) is 0 Å². The highest BCUT2D eigenvalue weighted by molar-refractivity contribution is 5.55. The van der Waals surface area contributed by atoms with Gasteiger partial charge in [-0.15, -0.1) is 0 Å². The van der Waals surface area contributed by atoms with Crippen molar-refractivity contribution in [2.24, 2.45) is 5.92 Å². The summed E-state index contributed by atoms with van der Waals surface area (Å²) in [6.07, 6.45) is 5.79. The van der Waals surface area contributed by atoms with Crippen LogP contribution < -0.4 is 10.2 Å². The van der Waals surface area contributed by atoms with Crippen molar-refractivity contribution in [3.63, 3.8) is 0 Å². The van der Waals surface area contributed by atoms with Crippen LogP contribution in [-0.2, 0) is 0 Å². The van der Waals surface area contributed by atoms with Crippen LogP contribution in [0.25, 0.3) is 0 Å². The topological polar surface area (TPSA) is 35.5 Å². The summed E-state index contributed by atoms with van der Waals surface area (Å²) in [5, 5.41) is 12.2. The van der Waals surface area contributed by atoms with Crippen LogP contribution in [-0.4, -0.2) is 31.3 Å². The molecule has 0 amide bonds. The molecule has 1 saturated heterocycles. The highest BCUT2D eigenvalue weighted by Gasteiger charge is 2.16. The third kappa shape index (κ3) is 4.71. The predicted molar refractivity (Wildman–Crippen MR) is 86.5 cm³/mol. The number of benzene rings is 1. The second-order valence-corrected chi connectivity index (χ2v) is 5.95. The first-order chi connectivity index (χ1) is 9.79. The van der Waals surface area contributed by atoms with Crippen LogP contribution in [0.4, 0.5) is 11.4 Å². The SMILES string of the molecule is CC1CCCN(c2ccc(NCCCCCO)cc2)C1. The summed E-state index contributed by atoms with van der Waals surface area (Å²) in [5.41, 5.74) is 2.55. The van der Waals surface area contributed by atoms with Crippen LogP contribution in [0, 0.1) is 5.92 Å². The Morgan fingerprint density at radius 1 is 1.20 bits per heavy atom. The molecule has 1 aliphatic rings. The predicted octanol–water partition coefficient (Wildman–Crippen LogP) is 3.50. The van der Waals surface area contributed by atoms with E-state index in [1.54, 1.807) is 0 Å². The van der Waals surface area contributed by atoms with Crippen molar-refractivity contribution in [2.45, 2.75) is 39.0 Å². The van der Waals surface area contributed by atoms with Gasteiger partial charge in [0.2, 0.25) is 0 Å². The van der Waals surface area contributed by atoms with Crippen molar-refractivity contribution in [1.82, 2.24) is 0 Å². The molecule has 0 aromatic heterocycles. The van der Waals surface area contributed by atoms with Gasteiger partial charge in [0.1, 0.15) is 0 Å². The lowest BCUT2D eigenvalue weighted by Crippen LogP contribution is -2.34. The number of hydrogen-bond donors (Lipinski definition) is 2. The maximum atomic E-state index is 8.73. The van der Waals surface area contributed by atoms with Crippen molar-refractivity contribution >= 4 is 11.4 Å². The van der Waals surface area contributed by atoms with Crippen LogP contribution in [0.3, 0.4) is 0 Å². The van der Waals surface area contributed by atoms with E-state index in [0.29, 0.717) is 6.61 Å². The molecule has 3 heteroatoms. The molecule has 2 N–H and O–H groups in total. The van der Waals surface area contributed by atoms with E-state index in [0.717, 1.165) is 31.7 Å². The lowest BCUT2D eigenvalue weighted by Gasteiger charge is -2.32. The fraction of sp³-hybridized carbons (Fsp3) is 0.647. The lowest BCUT2D eigenvalue weighted by molar-refractivity contribution is 0.283. The van der Waals surface area contributed by atoms with E-state index >= 15 is 0 Å². The number of aliphatic hydroxyl groups excluding tert-OH is 1. The number of hydrogen-bond acceptors (Lipinski definition) is 3. The molecule has 1 atom stereocenters. The van der Waals surface area contributed by atoms with Gasteiger partial charge in [0.25, 0.3) is 0 Å². The Bertz CT molecular complexity index is 377. The largest absolute Gasteiger partial charge is 0.396 e. The maximum Gasteiger partial charge on any atom is 0.0431 e. The number of unbranched alkanes of at least 4 members (excludes halogenated alkanes) is 2. The molecule has 0 spiro atoms. The Hall–Kier alpha value is -1.22. The molecule has 1 unspecified atom stereocenters. The van der Waals surface area contributed by atoms with Crippen LogP contribution in [0.1, 0.15) is 39.0 Å². The molecule has 1 heterocycles. The minimum absolute atomic E-state index is 0.308. The van der Waals surface area contributed by atoms with Crippen LogP contribution in [0.15, 0.2) is 24.3 Å². The molecule has 0 aliphatic carbocycles. The Kier molecular flexibility index (Phi) is 6.19. The molecule has 1 aromatic carbocycles. The zero-order valence-corrected chi connectivity index (χ0v) is 12.6. The third-order valence-electron chi connectivity index (χ3n) is 4.05. The molecule has 3 nitrogen and oxygen atoms in total. The monoisotopic (exact) mass is 276 g/mol. The number of nitrogens with zero attached hydrogens (tertiary/aromatic N) is 1. The van der Waals surface area contributed by atoms with E-state index in [2.05, 4.69) is 41.4 Å². The molecule has 1 aromatic rings. The second-order valence-electron chi connectivity index (χ2n) is 5.95. The molecular weight excluding hydrogens is 248 g/mol. The van der Waals surface area contributed by atoms with E-state index in [1.165, 1.54) is 37.3 Å². The first-order valence-corrected chi connectivity index (χ1v) is 7.99. The minimum Gasteiger partial charge on any atom is -0.396 e. The Morgan fingerprint density at radius 2 is 2.00 bits per heavy atom. The average Bonchev–Trinajstić information content (AvgIpc) is 2.48. The normalized spacial score (nSPS) is 19.1. The van der Waals surface area contributed by atoms with E-state index < -0.39 is 0 Å². The zero-order chi connectivity index (χ0) is 14.2. The van der Waals surface area contributed by atoms with Gasteiger partial charge in [0.15, 0.2) is 0 Å². The van der Waals surface area contributed by atoms with Gasteiger partial charge >= 0.3 is 0 Å². The summed E-state index contributed by atoms with van der Waals surface area (Å²) in [6, 6.07) is 8.82. The Morgan fingerprint density at radius 3 is 2.70 bits per heavy atom. The lowest BCUT2D eigenvalue weighted by atomic mass is 10.00. The standard InChI is InChI=1S/C17H28N2O/c1-15-6-5-12-19(14-15)17-9-7-16(8-10-17)18-11-3-2-4-13-20/h7-10,15,18,20H,2-6,11-14H2,1H3. The minimum atomic E-state index is 0.308. The summed E-state index contributed by atoms with van der Waals surface area (Å²) >= 11 is 0. The fourth-order valence-electron chi connectivity index (χ4n) is 2.86. The van der Waals surface area contributed by atoms with Gasteiger partial charge in [-0.3, -0.25) is 0 Å². The van der Waals surface area contributed by atoms with E-state index in [9.17, 15) is 0 Å². The smallest absolute Gasteiger partial charge is 0.0431 e. The second kappa shape index (κ2) is 8.15. The molecule has 20 heavy (non-hydrogen) atoms. The van der Waals surface area contributed by atoms with Crippen molar-refractivity contribution in [1.29, 1.82) is 0 Å². The first-order valence-electron chi connectivity index (χ1n) is 7.99. The molecule has 0 saturated carbocycles. The van der Waals surface area contributed by atoms with Crippen molar-refractivity contribution in [3.8, 4) is 0 Å². The Labute approximate surface area is 123 Å². The molecule has 1 aliphatic heterocycles. The summed E-state index contributed by atoms with van der Waals surface area (Å²) < 4.78 is 0. The quantitative estimate of drug-likeness (QED) is 0.748. The highest BCUT2D eigenvalue weighted by Crippen LogP contribution is 2.24. The average molecular weight is 276 g/mol. The van der Waals surface area contributed by atoms with Gasteiger partial charge in [-0.05, 0) is 62.3 Å². The van der Waals surface area contributed by atoms with Crippen LogP contribution in [0.5, 0.6) is 0 Å². The number of rotatable bonds is 7. The van der Waals surface area contributed by atoms with E-state index in [1.807, 2.05) is 0 Å². The van der Waals surface area contributed by atoms with Gasteiger partial charge in [-0.2, -0.15) is 0 Å². The Balaban J connectivity index is 1.77.